The first kappa shape index (κ1) is 12.6. The lowest BCUT2D eigenvalue weighted by molar-refractivity contribution is 0.391. The summed E-state index contributed by atoms with van der Waals surface area (Å²) < 4.78 is 5.32. The molecule has 16 heavy (non-hydrogen) atoms. The van der Waals surface area contributed by atoms with Crippen LogP contribution in [0.15, 0.2) is 54.0 Å². The molecule has 0 unspecified atom stereocenters. The highest BCUT2D eigenvalue weighted by molar-refractivity contribution is 5.16. The topological polar surface area (TPSA) is 9.23 Å². The molecule has 1 nitrogen and oxygen atoms in total. The maximum atomic E-state index is 5.32. The van der Waals surface area contributed by atoms with Crippen molar-refractivity contribution in [3.8, 4) is 0 Å². The molecular weight excluding hydrogens is 196 g/mol. The molecule has 0 bridgehead atoms. The van der Waals surface area contributed by atoms with E-state index in [0.29, 0.717) is 0 Å². The lowest BCUT2D eigenvalue weighted by Crippen LogP contribution is -1.86. The van der Waals surface area contributed by atoms with Gasteiger partial charge >= 0.3 is 0 Å². The van der Waals surface area contributed by atoms with Crippen LogP contribution in [0.1, 0.15) is 32.8 Å². The van der Waals surface area contributed by atoms with E-state index in [4.69, 9.17) is 4.74 Å². The number of hydrogen-bond donors (Lipinski definition) is 0. The molecule has 0 aliphatic carbocycles. The third-order valence-corrected chi connectivity index (χ3v) is 2.22. The molecule has 0 spiro atoms. The van der Waals surface area contributed by atoms with E-state index in [2.05, 4.69) is 31.2 Å². The predicted octanol–water partition coefficient (Wildman–Crippen LogP) is 4.46. The highest BCUT2D eigenvalue weighted by Crippen LogP contribution is 2.08. The van der Waals surface area contributed by atoms with Gasteiger partial charge in [-0.2, -0.15) is 0 Å². The SMILES string of the molecule is CC(C)=CO/C=C(\C)CCc1ccccc1. The Morgan fingerprint density at radius 3 is 2.38 bits per heavy atom. The molecule has 0 saturated carbocycles. The quantitative estimate of drug-likeness (QED) is 0.660. The van der Waals surface area contributed by atoms with Gasteiger partial charge in [0.15, 0.2) is 0 Å². The maximum Gasteiger partial charge on any atom is 0.0890 e. The molecule has 0 saturated heterocycles. The van der Waals surface area contributed by atoms with Gasteiger partial charge in [0, 0.05) is 0 Å². The second-order valence-corrected chi connectivity index (χ2v) is 4.28. The van der Waals surface area contributed by atoms with Crippen LogP contribution in [0.5, 0.6) is 0 Å². The first-order valence-corrected chi connectivity index (χ1v) is 5.67. The Hall–Kier alpha value is -1.50. The molecule has 1 rings (SSSR count). The number of rotatable bonds is 5. The molecule has 0 fully saturated rings. The van der Waals surface area contributed by atoms with Crippen molar-refractivity contribution in [2.45, 2.75) is 33.6 Å². The average molecular weight is 216 g/mol. The molecule has 0 aliphatic heterocycles. The highest BCUT2D eigenvalue weighted by atomic mass is 16.5. The van der Waals surface area contributed by atoms with Gasteiger partial charge in [0.05, 0.1) is 12.5 Å². The molecule has 1 heteroatoms. The third kappa shape index (κ3) is 5.40. The van der Waals surface area contributed by atoms with Gasteiger partial charge in [0.25, 0.3) is 0 Å². The zero-order chi connectivity index (χ0) is 11.8. The van der Waals surface area contributed by atoms with E-state index in [1.54, 1.807) is 6.26 Å². The Labute approximate surface area is 98.5 Å². The van der Waals surface area contributed by atoms with Crippen molar-refractivity contribution in [2.75, 3.05) is 0 Å². The molecule has 0 aromatic heterocycles. The van der Waals surface area contributed by atoms with Gasteiger partial charge in [0.1, 0.15) is 0 Å². The molecular formula is C15H20O. The molecule has 86 valence electrons. The summed E-state index contributed by atoms with van der Waals surface area (Å²) in [5.74, 6) is 0. The van der Waals surface area contributed by atoms with Crippen molar-refractivity contribution >= 4 is 0 Å². The molecule has 0 N–H and O–H groups in total. The predicted molar refractivity (Wildman–Crippen MR) is 69.0 cm³/mol. The minimum absolute atomic E-state index is 1.04. The van der Waals surface area contributed by atoms with Crippen molar-refractivity contribution in [3.05, 3.63) is 59.6 Å². The number of benzene rings is 1. The van der Waals surface area contributed by atoms with E-state index in [9.17, 15) is 0 Å². The van der Waals surface area contributed by atoms with Gasteiger partial charge in [-0.05, 0) is 50.3 Å². The Bertz CT molecular complexity index is 356. The van der Waals surface area contributed by atoms with Crippen molar-refractivity contribution in [3.63, 3.8) is 0 Å². The van der Waals surface area contributed by atoms with Gasteiger partial charge in [-0.15, -0.1) is 0 Å². The average Bonchev–Trinajstić information content (AvgIpc) is 2.27. The summed E-state index contributed by atoms with van der Waals surface area (Å²) >= 11 is 0. The molecule has 0 atom stereocenters. The summed E-state index contributed by atoms with van der Waals surface area (Å²) in [6, 6.07) is 10.5. The Kier molecular flexibility index (Phi) is 5.41. The largest absolute Gasteiger partial charge is 0.473 e. The smallest absolute Gasteiger partial charge is 0.0890 e. The van der Waals surface area contributed by atoms with Crippen LogP contribution < -0.4 is 0 Å². The Balaban J connectivity index is 2.35. The van der Waals surface area contributed by atoms with E-state index in [1.807, 2.05) is 26.2 Å². The molecule has 1 aromatic rings. The van der Waals surface area contributed by atoms with Crippen LogP contribution in [0.2, 0.25) is 0 Å². The van der Waals surface area contributed by atoms with Crippen molar-refractivity contribution in [2.24, 2.45) is 0 Å². The van der Waals surface area contributed by atoms with Crippen LogP contribution >= 0.6 is 0 Å². The first-order chi connectivity index (χ1) is 7.68. The summed E-state index contributed by atoms with van der Waals surface area (Å²) in [5, 5.41) is 0. The molecule has 0 heterocycles. The van der Waals surface area contributed by atoms with Crippen LogP contribution in [0.25, 0.3) is 0 Å². The fourth-order valence-electron chi connectivity index (χ4n) is 1.33. The molecule has 0 aliphatic rings. The zero-order valence-electron chi connectivity index (χ0n) is 10.4. The van der Waals surface area contributed by atoms with Crippen LogP contribution in [-0.2, 0) is 11.2 Å². The fourth-order valence-corrected chi connectivity index (χ4v) is 1.33. The maximum absolute atomic E-state index is 5.32. The number of allylic oxidation sites excluding steroid dienone is 2. The summed E-state index contributed by atoms with van der Waals surface area (Å²) in [7, 11) is 0. The van der Waals surface area contributed by atoms with Gasteiger partial charge in [-0.1, -0.05) is 30.3 Å². The minimum atomic E-state index is 1.04. The van der Waals surface area contributed by atoms with Crippen molar-refractivity contribution in [1.82, 2.24) is 0 Å². The van der Waals surface area contributed by atoms with Gasteiger partial charge in [-0.3, -0.25) is 0 Å². The van der Waals surface area contributed by atoms with Gasteiger partial charge < -0.3 is 4.74 Å². The second kappa shape index (κ2) is 6.89. The number of hydrogen-bond acceptors (Lipinski definition) is 1. The summed E-state index contributed by atoms with van der Waals surface area (Å²) in [6.45, 7) is 6.14. The summed E-state index contributed by atoms with van der Waals surface area (Å²) in [6.07, 6.45) is 5.71. The van der Waals surface area contributed by atoms with E-state index in [1.165, 1.54) is 16.7 Å². The highest BCUT2D eigenvalue weighted by Gasteiger charge is 1.93. The fraction of sp³-hybridized carbons (Fsp3) is 0.333. The van der Waals surface area contributed by atoms with E-state index in [0.717, 1.165) is 12.8 Å². The van der Waals surface area contributed by atoms with E-state index < -0.39 is 0 Å². The standard InChI is InChI=1S/C15H20O/c1-13(2)11-16-12-14(3)9-10-15-7-5-4-6-8-15/h4-8,11-12H,9-10H2,1-3H3/b14-12+. The minimum Gasteiger partial charge on any atom is -0.473 e. The van der Waals surface area contributed by atoms with Gasteiger partial charge in [0.2, 0.25) is 0 Å². The van der Waals surface area contributed by atoms with Crippen LogP contribution in [0.3, 0.4) is 0 Å². The van der Waals surface area contributed by atoms with Crippen LogP contribution in [0.4, 0.5) is 0 Å². The number of aryl methyl sites for hydroxylation is 1. The third-order valence-electron chi connectivity index (χ3n) is 2.22. The van der Waals surface area contributed by atoms with Crippen molar-refractivity contribution < 1.29 is 4.74 Å². The first-order valence-electron chi connectivity index (χ1n) is 5.67. The molecule has 1 aromatic carbocycles. The Morgan fingerprint density at radius 2 is 1.75 bits per heavy atom. The van der Waals surface area contributed by atoms with E-state index in [-0.39, 0.29) is 0 Å². The second-order valence-electron chi connectivity index (χ2n) is 4.28. The molecule has 0 amide bonds. The Morgan fingerprint density at radius 1 is 1.06 bits per heavy atom. The normalized spacial score (nSPS) is 11.1. The lowest BCUT2D eigenvalue weighted by atomic mass is 10.1. The van der Waals surface area contributed by atoms with Gasteiger partial charge in [-0.25, -0.2) is 0 Å². The number of ether oxygens (including phenoxy) is 1. The molecule has 0 radical (unpaired) electrons. The zero-order valence-corrected chi connectivity index (χ0v) is 10.4. The van der Waals surface area contributed by atoms with E-state index >= 15 is 0 Å². The summed E-state index contributed by atoms with van der Waals surface area (Å²) in [5.41, 5.74) is 3.81. The van der Waals surface area contributed by atoms with Crippen molar-refractivity contribution in [1.29, 1.82) is 0 Å². The summed E-state index contributed by atoms with van der Waals surface area (Å²) in [4.78, 5) is 0. The van der Waals surface area contributed by atoms with Crippen LogP contribution in [0, 0.1) is 0 Å². The monoisotopic (exact) mass is 216 g/mol. The van der Waals surface area contributed by atoms with Crippen LogP contribution in [-0.4, -0.2) is 0 Å². The lowest BCUT2D eigenvalue weighted by Gasteiger charge is -2.02.